The molecule has 1 aromatic heterocycles. The molecule has 110 valence electrons. The molecule has 3 heterocycles. The molecular formula is C16H19N3OS. The minimum Gasteiger partial charge on any atom is -0.374 e. The third-order valence-corrected chi connectivity index (χ3v) is 5.17. The Bertz CT molecular complexity index is 587. The summed E-state index contributed by atoms with van der Waals surface area (Å²) in [7, 11) is 0. The van der Waals surface area contributed by atoms with Crippen molar-refractivity contribution in [1.29, 1.82) is 0 Å². The number of hydrogen-bond acceptors (Lipinski definition) is 5. The van der Waals surface area contributed by atoms with Gasteiger partial charge in [-0.2, -0.15) is 0 Å². The number of ether oxygens (including phenoxy) is 1. The molecule has 2 aliphatic rings. The molecule has 0 saturated carbocycles. The van der Waals surface area contributed by atoms with E-state index in [1.165, 1.54) is 10.4 Å². The smallest absolute Gasteiger partial charge is 0.123 e. The lowest BCUT2D eigenvalue weighted by molar-refractivity contribution is 0.0175. The summed E-state index contributed by atoms with van der Waals surface area (Å²) in [6, 6.07) is 10.9. The van der Waals surface area contributed by atoms with Crippen molar-refractivity contribution in [3.8, 4) is 10.6 Å². The highest BCUT2D eigenvalue weighted by molar-refractivity contribution is 7.15. The van der Waals surface area contributed by atoms with Gasteiger partial charge in [0, 0.05) is 48.9 Å². The summed E-state index contributed by atoms with van der Waals surface area (Å²) >= 11 is 1.79. The zero-order valence-electron chi connectivity index (χ0n) is 11.9. The lowest BCUT2D eigenvalue weighted by atomic mass is 10.2. The summed E-state index contributed by atoms with van der Waals surface area (Å²) in [5, 5.41) is 4.66. The first-order valence-corrected chi connectivity index (χ1v) is 8.27. The van der Waals surface area contributed by atoms with Crippen LogP contribution in [0.3, 0.4) is 0 Å². The Morgan fingerprint density at radius 3 is 3.05 bits per heavy atom. The molecule has 5 heteroatoms. The third-order valence-electron chi connectivity index (χ3n) is 4.14. The molecule has 1 N–H and O–H groups in total. The summed E-state index contributed by atoms with van der Waals surface area (Å²) < 4.78 is 5.83. The van der Waals surface area contributed by atoms with E-state index in [9.17, 15) is 0 Å². The fraction of sp³-hybridized carbons (Fsp3) is 0.438. The predicted octanol–water partition coefficient (Wildman–Crippen LogP) is 1.98. The van der Waals surface area contributed by atoms with Crippen LogP contribution in [0.2, 0.25) is 0 Å². The molecule has 2 aromatic rings. The number of fused-ring (bicyclic) bond motifs is 1. The van der Waals surface area contributed by atoms with E-state index in [2.05, 4.69) is 39.5 Å². The molecular weight excluding hydrogens is 282 g/mol. The van der Waals surface area contributed by atoms with Crippen LogP contribution in [0.4, 0.5) is 0 Å². The van der Waals surface area contributed by atoms with Crippen molar-refractivity contribution in [2.24, 2.45) is 0 Å². The number of nitrogens with one attached hydrogen (secondary N) is 1. The Morgan fingerprint density at radius 1 is 1.29 bits per heavy atom. The third kappa shape index (κ3) is 2.87. The van der Waals surface area contributed by atoms with Gasteiger partial charge in [-0.25, -0.2) is 4.98 Å². The second-order valence-electron chi connectivity index (χ2n) is 5.66. The van der Waals surface area contributed by atoms with Gasteiger partial charge in [-0.05, 0) is 0 Å². The topological polar surface area (TPSA) is 37.4 Å². The molecule has 21 heavy (non-hydrogen) atoms. The predicted molar refractivity (Wildman–Crippen MR) is 84.4 cm³/mol. The van der Waals surface area contributed by atoms with E-state index in [1.54, 1.807) is 11.3 Å². The average molecular weight is 301 g/mol. The van der Waals surface area contributed by atoms with Crippen LogP contribution in [0.1, 0.15) is 4.88 Å². The standard InChI is InChI=1S/C16H19N3OS/c1-2-4-12(5-3-1)16-18-8-13(21-16)9-19-10-14-15(11-19)20-7-6-17-14/h1-5,8,14-15,17H,6-7,9-11H2/t14-,15-/m0/s1. The van der Waals surface area contributed by atoms with Gasteiger partial charge in [-0.1, -0.05) is 30.3 Å². The van der Waals surface area contributed by atoms with Gasteiger partial charge >= 0.3 is 0 Å². The molecule has 0 aliphatic carbocycles. The maximum Gasteiger partial charge on any atom is 0.123 e. The number of aromatic nitrogens is 1. The monoisotopic (exact) mass is 301 g/mol. The number of morpholine rings is 1. The van der Waals surface area contributed by atoms with Gasteiger partial charge < -0.3 is 10.1 Å². The molecule has 0 amide bonds. The van der Waals surface area contributed by atoms with E-state index in [1.807, 2.05) is 12.3 Å². The second kappa shape index (κ2) is 5.85. The number of thiazole rings is 1. The average Bonchev–Trinajstić information content (AvgIpc) is 3.14. The largest absolute Gasteiger partial charge is 0.374 e. The normalized spacial score (nSPS) is 25.9. The summed E-state index contributed by atoms with van der Waals surface area (Å²) in [5.41, 5.74) is 1.20. The second-order valence-corrected chi connectivity index (χ2v) is 6.78. The van der Waals surface area contributed by atoms with E-state index in [-0.39, 0.29) is 0 Å². The van der Waals surface area contributed by atoms with Gasteiger partial charge in [0.2, 0.25) is 0 Å². The van der Waals surface area contributed by atoms with Gasteiger partial charge in [0.25, 0.3) is 0 Å². The minimum atomic E-state index is 0.361. The number of likely N-dealkylation sites (tertiary alicyclic amines) is 1. The fourth-order valence-electron chi connectivity index (χ4n) is 3.12. The van der Waals surface area contributed by atoms with Crippen molar-refractivity contribution in [3.63, 3.8) is 0 Å². The van der Waals surface area contributed by atoms with Crippen molar-refractivity contribution in [1.82, 2.24) is 15.2 Å². The lowest BCUT2D eigenvalue weighted by Gasteiger charge is -2.25. The van der Waals surface area contributed by atoms with Crippen LogP contribution < -0.4 is 5.32 Å². The van der Waals surface area contributed by atoms with Crippen LogP contribution in [0.5, 0.6) is 0 Å². The van der Waals surface area contributed by atoms with Crippen molar-refractivity contribution in [2.45, 2.75) is 18.7 Å². The molecule has 0 radical (unpaired) electrons. The highest BCUT2D eigenvalue weighted by atomic mass is 32.1. The zero-order valence-corrected chi connectivity index (χ0v) is 12.7. The van der Waals surface area contributed by atoms with Gasteiger partial charge in [0.05, 0.1) is 12.7 Å². The number of rotatable bonds is 3. The van der Waals surface area contributed by atoms with Crippen LogP contribution >= 0.6 is 11.3 Å². The van der Waals surface area contributed by atoms with E-state index in [0.29, 0.717) is 12.1 Å². The molecule has 2 aliphatic heterocycles. The van der Waals surface area contributed by atoms with Gasteiger partial charge in [-0.3, -0.25) is 4.90 Å². The first kappa shape index (κ1) is 13.4. The quantitative estimate of drug-likeness (QED) is 0.941. The summed E-state index contributed by atoms with van der Waals surface area (Å²) in [4.78, 5) is 8.36. The molecule has 2 atom stereocenters. The Labute approximate surface area is 128 Å². The van der Waals surface area contributed by atoms with Crippen LogP contribution in [0.15, 0.2) is 36.5 Å². The lowest BCUT2D eigenvalue weighted by Crippen LogP contribution is -2.47. The maximum absolute atomic E-state index is 5.83. The zero-order chi connectivity index (χ0) is 14.1. The number of hydrogen-bond donors (Lipinski definition) is 1. The van der Waals surface area contributed by atoms with E-state index in [0.717, 1.165) is 37.8 Å². The molecule has 0 unspecified atom stereocenters. The SMILES string of the molecule is c1ccc(-c2ncc(CN3C[C@@H]4NCCO[C@H]4C3)s2)cc1. The van der Waals surface area contributed by atoms with Crippen molar-refractivity contribution < 1.29 is 4.74 Å². The Balaban J connectivity index is 1.43. The summed E-state index contributed by atoms with van der Waals surface area (Å²) in [6.45, 7) is 4.89. The Kier molecular flexibility index (Phi) is 3.73. The minimum absolute atomic E-state index is 0.361. The van der Waals surface area contributed by atoms with Crippen molar-refractivity contribution in [2.75, 3.05) is 26.2 Å². The molecule has 2 saturated heterocycles. The van der Waals surface area contributed by atoms with Crippen LogP contribution in [-0.4, -0.2) is 48.3 Å². The Morgan fingerprint density at radius 2 is 2.19 bits per heavy atom. The molecule has 4 rings (SSSR count). The van der Waals surface area contributed by atoms with E-state index < -0.39 is 0 Å². The molecule has 2 fully saturated rings. The summed E-state index contributed by atoms with van der Waals surface area (Å²) in [5.74, 6) is 0. The van der Waals surface area contributed by atoms with E-state index in [4.69, 9.17) is 4.74 Å². The number of nitrogens with zero attached hydrogens (tertiary/aromatic N) is 2. The molecule has 0 spiro atoms. The fourth-order valence-corrected chi connectivity index (χ4v) is 4.08. The van der Waals surface area contributed by atoms with Gasteiger partial charge in [0.1, 0.15) is 5.01 Å². The maximum atomic E-state index is 5.83. The number of benzene rings is 1. The molecule has 1 aromatic carbocycles. The highest BCUT2D eigenvalue weighted by Crippen LogP contribution is 2.27. The van der Waals surface area contributed by atoms with E-state index >= 15 is 0 Å². The first-order chi connectivity index (χ1) is 10.4. The van der Waals surface area contributed by atoms with Gasteiger partial charge in [-0.15, -0.1) is 11.3 Å². The molecule has 4 nitrogen and oxygen atoms in total. The highest BCUT2D eigenvalue weighted by Gasteiger charge is 2.35. The van der Waals surface area contributed by atoms with Crippen LogP contribution in [0.25, 0.3) is 10.6 Å². The van der Waals surface area contributed by atoms with Crippen LogP contribution in [0, 0.1) is 0 Å². The van der Waals surface area contributed by atoms with Crippen molar-refractivity contribution in [3.05, 3.63) is 41.4 Å². The molecule has 0 bridgehead atoms. The van der Waals surface area contributed by atoms with Crippen LogP contribution in [-0.2, 0) is 11.3 Å². The Hall–Kier alpha value is -1.27. The first-order valence-electron chi connectivity index (χ1n) is 7.46. The van der Waals surface area contributed by atoms with Gasteiger partial charge in [0.15, 0.2) is 0 Å². The van der Waals surface area contributed by atoms with Crippen molar-refractivity contribution >= 4 is 11.3 Å². The summed E-state index contributed by atoms with van der Waals surface area (Å²) in [6.07, 6.45) is 2.38.